The Morgan fingerprint density at radius 2 is 1.58 bits per heavy atom. The predicted molar refractivity (Wildman–Crippen MR) is 76.0 cm³/mol. The number of allylic oxidation sites excluding steroid dienone is 1. The van der Waals surface area contributed by atoms with Crippen LogP contribution in [0.2, 0.25) is 0 Å². The van der Waals surface area contributed by atoms with Gasteiger partial charge in [0.25, 0.3) is 5.91 Å². The van der Waals surface area contributed by atoms with Gasteiger partial charge in [-0.1, -0.05) is 18.2 Å². The molecule has 0 bridgehead atoms. The lowest BCUT2D eigenvalue weighted by Gasteiger charge is -2.30. The van der Waals surface area contributed by atoms with Gasteiger partial charge in [0.15, 0.2) is 0 Å². The van der Waals surface area contributed by atoms with Gasteiger partial charge < -0.3 is 0 Å². The molecule has 0 unspecified atom stereocenters. The monoisotopic (exact) mass is 386 g/mol. The molecular weight excluding hydrogens is 376 g/mol. The standard InChI is InChI=1S/C15H10F8N2O/c1-8-10(11(26)25(24-8)9-5-3-2-4-6-9)7-13(18,19)15(22,23)14(20,21)12(16)17/h2-7,12H,1H3/b10-7+. The van der Waals surface area contributed by atoms with E-state index in [1.165, 1.54) is 24.3 Å². The largest absolute Gasteiger partial charge is 0.381 e. The van der Waals surface area contributed by atoms with Crippen molar-refractivity contribution in [3.05, 3.63) is 42.0 Å². The van der Waals surface area contributed by atoms with Crippen LogP contribution in [0.3, 0.4) is 0 Å². The average Bonchev–Trinajstić information content (AvgIpc) is 2.83. The van der Waals surface area contributed by atoms with Gasteiger partial charge in [0, 0.05) is 6.08 Å². The lowest BCUT2D eigenvalue weighted by atomic mass is 10.0. The second-order valence-electron chi connectivity index (χ2n) is 5.32. The zero-order valence-electron chi connectivity index (χ0n) is 12.9. The van der Waals surface area contributed by atoms with Gasteiger partial charge in [0.1, 0.15) is 0 Å². The van der Waals surface area contributed by atoms with E-state index in [1.807, 2.05) is 0 Å². The fourth-order valence-electron chi connectivity index (χ4n) is 2.06. The third-order valence-electron chi connectivity index (χ3n) is 3.50. The average molecular weight is 386 g/mol. The van der Waals surface area contributed by atoms with E-state index >= 15 is 0 Å². The van der Waals surface area contributed by atoms with Crippen LogP contribution in [0.4, 0.5) is 40.8 Å². The molecule has 0 radical (unpaired) electrons. The zero-order valence-corrected chi connectivity index (χ0v) is 12.9. The molecule has 3 nitrogen and oxygen atoms in total. The fraction of sp³-hybridized carbons (Fsp3) is 0.333. The Hall–Kier alpha value is -2.46. The minimum atomic E-state index is -6.43. The summed E-state index contributed by atoms with van der Waals surface area (Å²) in [5, 5.41) is 4.20. The number of carbonyl (C=O) groups excluding carboxylic acids is 1. The molecule has 26 heavy (non-hydrogen) atoms. The van der Waals surface area contributed by atoms with E-state index in [1.54, 1.807) is 6.07 Å². The molecule has 0 atom stereocenters. The van der Waals surface area contributed by atoms with Crippen molar-refractivity contribution in [1.29, 1.82) is 0 Å². The number of alkyl halides is 8. The van der Waals surface area contributed by atoms with Gasteiger partial charge in [0.05, 0.1) is 17.0 Å². The van der Waals surface area contributed by atoms with Crippen LogP contribution in [-0.2, 0) is 4.79 Å². The molecule has 0 aromatic heterocycles. The van der Waals surface area contributed by atoms with Crippen molar-refractivity contribution in [2.75, 3.05) is 5.01 Å². The number of anilines is 1. The van der Waals surface area contributed by atoms with Gasteiger partial charge in [-0.3, -0.25) is 4.79 Å². The number of hydrogen-bond acceptors (Lipinski definition) is 2. The quantitative estimate of drug-likeness (QED) is 0.542. The summed E-state index contributed by atoms with van der Waals surface area (Å²) in [5.74, 6) is -19.8. The van der Waals surface area contributed by atoms with Crippen LogP contribution < -0.4 is 5.01 Å². The highest BCUT2D eigenvalue weighted by atomic mass is 19.4. The van der Waals surface area contributed by atoms with Crippen LogP contribution in [0.5, 0.6) is 0 Å². The van der Waals surface area contributed by atoms with Crippen LogP contribution in [0.25, 0.3) is 0 Å². The Labute approximate surface area is 141 Å². The topological polar surface area (TPSA) is 32.7 Å². The van der Waals surface area contributed by atoms with Crippen LogP contribution in [-0.4, -0.2) is 35.8 Å². The van der Waals surface area contributed by atoms with E-state index in [-0.39, 0.29) is 5.69 Å². The number of benzene rings is 1. The van der Waals surface area contributed by atoms with Gasteiger partial charge in [-0.2, -0.15) is 36.5 Å². The van der Waals surface area contributed by atoms with Crippen molar-refractivity contribution >= 4 is 17.3 Å². The van der Waals surface area contributed by atoms with Crippen molar-refractivity contribution in [3.8, 4) is 0 Å². The molecule has 1 amide bonds. The molecule has 1 aliphatic rings. The minimum Gasteiger partial charge on any atom is -0.267 e. The van der Waals surface area contributed by atoms with Gasteiger partial charge in [-0.15, -0.1) is 0 Å². The number of rotatable bonds is 5. The number of halogens is 8. The highest BCUT2D eigenvalue weighted by molar-refractivity contribution is 6.29. The Kier molecular flexibility index (Phi) is 4.86. The number of para-hydroxylation sites is 1. The zero-order chi connectivity index (χ0) is 19.9. The summed E-state index contributed by atoms with van der Waals surface area (Å²) in [7, 11) is 0. The maximum Gasteiger partial charge on any atom is 0.381 e. The molecule has 0 fully saturated rings. The third-order valence-corrected chi connectivity index (χ3v) is 3.50. The third kappa shape index (κ3) is 3.06. The smallest absolute Gasteiger partial charge is 0.267 e. The van der Waals surface area contributed by atoms with E-state index in [2.05, 4.69) is 5.10 Å². The summed E-state index contributed by atoms with van der Waals surface area (Å²) in [4.78, 5) is 12.1. The van der Waals surface area contributed by atoms with E-state index in [0.717, 1.165) is 6.92 Å². The summed E-state index contributed by atoms with van der Waals surface area (Å²) < 4.78 is 104. The van der Waals surface area contributed by atoms with Gasteiger partial charge in [0.2, 0.25) is 0 Å². The number of hydrazone groups is 1. The first-order valence-corrected chi connectivity index (χ1v) is 6.92. The predicted octanol–water partition coefficient (Wildman–Crippen LogP) is 4.51. The molecule has 142 valence electrons. The number of hydrogen-bond donors (Lipinski definition) is 0. The van der Waals surface area contributed by atoms with E-state index in [0.29, 0.717) is 5.01 Å². The van der Waals surface area contributed by atoms with Crippen LogP contribution in [0, 0.1) is 0 Å². The van der Waals surface area contributed by atoms with Crippen LogP contribution in [0.15, 0.2) is 47.1 Å². The molecule has 0 saturated carbocycles. The molecule has 2 rings (SSSR count). The molecule has 0 spiro atoms. The Balaban J connectivity index is 2.43. The minimum absolute atomic E-state index is 0.105. The molecule has 0 saturated heterocycles. The normalized spacial score (nSPS) is 18.1. The van der Waals surface area contributed by atoms with Crippen molar-refractivity contribution in [2.45, 2.75) is 31.1 Å². The SMILES string of the molecule is CC1=NN(c2ccccc2)C(=O)/C1=C/C(F)(F)C(F)(F)C(F)(F)C(F)F. The number of nitrogens with zero attached hydrogens (tertiary/aromatic N) is 2. The highest BCUT2D eigenvalue weighted by Gasteiger charge is 2.74. The molecule has 1 heterocycles. The number of carbonyl (C=O) groups is 1. The van der Waals surface area contributed by atoms with Crippen molar-refractivity contribution in [2.24, 2.45) is 5.10 Å². The van der Waals surface area contributed by atoms with Crippen molar-refractivity contribution in [1.82, 2.24) is 0 Å². The van der Waals surface area contributed by atoms with Crippen molar-refractivity contribution in [3.63, 3.8) is 0 Å². The molecule has 1 aromatic rings. The van der Waals surface area contributed by atoms with E-state index in [4.69, 9.17) is 0 Å². The molecule has 0 N–H and O–H groups in total. The Morgan fingerprint density at radius 1 is 1.04 bits per heavy atom. The lowest BCUT2D eigenvalue weighted by molar-refractivity contribution is -0.325. The first kappa shape index (κ1) is 19.9. The second-order valence-corrected chi connectivity index (χ2v) is 5.32. The van der Waals surface area contributed by atoms with Gasteiger partial charge in [-0.25, -0.2) is 8.78 Å². The molecule has 1 aromatic carbocycles. The molecule has 11 heteroatoms. The maximum absolute atomic E-state index is 13.7. The summed E-state index contributed by atoms with van der Waals surface area (Å²) >= 11 is 0. The van der Waals surface area contributed by atoms with Crippen LogP contribution >= 0.6 is 0 Å². The second kappa shape index (κ2) is 6.36. The molecule has 0 aliphatic carbocycles. The summed E-state index contributed by atoms with van der Waals surface area (Å²) in [6.45, 7) is 1.01. The Bertz CT molecular complexity index is 758. The van der Waals surface area contributed by atoms with E-state index < -0.39 is 47.5 Å². The molecule has 1 aliphatic heterocycles. The highest BCUT2D eigenvalue weighted by Crippen LogP contribution is 2.49. The van der Waals surface area contributed by atoms with Gasteiger partial charge in [-0.05, 0) is 19.1 Å². The summed E-state index contributed by atoms with van der Waals surface area (Å²) in [6, 6.07) is 7.23. The fourth-order valence-corrected chi connectivity index (χ4v) is 2.06. The first-order valence-electron chi connectivity index (χ1n) is 6.92. The summed E-state index contributed by atoms with van der Waals surface area (Å²) in [5.41, 5.74) is -1.45. The van der Waals surface area contributed by atoms with Gasteiger partial charge >= 0.3 is 24.2 Å². The first-order chi connectivity index (χ1) is 11.8. The summed E-state index contributed by atoms with van der Waals surface area (Å²) in [6.07, 6.45) is -5.79. The van der Waals surface area contributed by atoms with Crippen LogP contribution in [0.1, 0.15) is 6.92 Å². The molecular formula is C15H10F8N2O. The maximum atomic E-state index is 13.7. The lowest BCUT2D eigenvalue weighted by Crippen LogP contribution is -2.57. The van der Waals surface area contributed by atoms with Crippen molar-refractivity contribution < 1.29 is 39.9 Å². The van der Waals surface area contributed by atoms with E-state index in [9.17, 15) is 39.9 Å². The Morgan fingerprint density at radius 3 is 2.08 bits per heavy atom. The number of amides is 1.